The summed E-state index contributed by atoms with van der Waals surface area (Å²) in [5, 5.41) is 26.0. The van der Waals surface area contributed by atoms with Gasteiger partial charge in [-0.15, -0.1) is 0 Å². The Balaban J connectivity index is 1.41. The van der Waals surface area contributed by atoms with Crippen LogP contribution in [0.15, 0.2) is 79.1 Å². The van der Waals surface area contributed by atoms with Crippen molar-refractivity contribution in [2.45, 2.75) is 102 Å². The number of aromatic nitrogens is 1. The van der Waals surface area contributed by atoms with Crippen molar-refractivity contribution >= 4 is 79.5 Å². The summed E-state index contributed by atoms with van der Waals surface area (Å²) in [6, 6.07) is 15.0. The van der Waals surface area contributed by atoms with Crippen LogP contribution >= 0.6 is 22.6 Å². The number of carbonyl (C=O) groups is 7. The molecule has 0 saturated heterocycles. The van der Waals surface area contributed by atoms with Crippen molar-refractivity contribution < 1.29 is 38.7 Å². The first-order valence-electron chi connectivity index (χ1n) is 19.8. The number of benzene rings is 2. The molecule has 7 N–H and O–H groups in total. The molecule has 0 spiro atoms. The van der Waals surface area contributed by atoms with Gasteiger partial charge in [-0.2, -0.15) is 0 Å². The van der Waals surface area contributed by atoms with Gasteiger partial charge in [-0.25, -0.2) is 4.79 Å². The fraction of sp³-hybridized carbons (Fsp3) is 0.395. The van der Waals surface area contributed by atoms with Crippen LogP contribution in [0.1, 0.15) is 87.3 Å². The zero-order chi connectivity index (χ0) is 42.6. The molecule has 1 aromatic heterocycles. The van der Waals surface area contributed by atoms with Gasteiger partial charge in [-0.1, -0.05) is 55.7 Å². The average Bonchev–Trinajstić information content (AvgIpc) is 3.21. The Morgan fingerprint density at radius 1 is 0.831 bits per heavy atom. The minimum atomic E-state index is -1.16. The van der Waals surface area contributed by atoms with E-state index in [1.54, 1.807) is 77.5 Å². The van der Waals surface area contributed by atoms with Gasteiger partial charge < -0.3 is 37.0 Å². The van der Waals surface area contributed by atoms with E-state index < -0.39 is 47.3 Å². The fourth-order valence-corrected chi connectivity index (χ4v) is 7.32. The number of unbranched alkanes of at least 4 members (excludes halogenated alkanes) is 1. The Bertz CT molecular complexity index is 1950. The van der Waals surface area contributed by atoms with Crippen molar-refractivity contribution in [1.82, 2.24) is 26.3 Å². The number of aryl methyl sites for hydroxylation is 1. The number of hydrogen-bond donors (Lipinski definition) is 7. The van der Waals surface area contributed by atoms with Crippen LogP contribution in [0.2, 0.25) is 0 Å². The number of nitrogens with one attached hydrogen (secondary N) is 6. The number of para-hydroxylation sites is 1. The molecule has 6 amide bonds. The zero-order valence-corrected chi connectivity index (χ0v) is 35.2. The first-order valence-corrected chi connectivity index (χ1v) is 20.8. The van der Waals surface area contributed by atoms with Gasteiger partial charge >= 0.3 is 12.0 Å². The highest BCUT2D eigenvalue weighted by molar-refractivity contribution is 14.1. The number of amides is 6. The number of hydrogen-bond acceptors (Lipinski definition) is 8. The second kappa shape index (κ2) is 23.7. The number of aliphatic carboxylic acids is 1. The van der Waals surface area contributed by atoms with Crippen molar-refractivity contribution in [2.75, 3.05) is 17.2 Å². The van der Waals surface area contributed by atoms with E-state index in [0.717, 1.165) is 30.4 Å². The Labute approximate surface area is 357 Å². The lowest BCUT2D eigenvalue weighted by atomic mass is 9.82. The largest absolute Gasteiger partial charge is 0.481 e. The summed E-state index contributed by atoms with van der Waals surface area (Å²) >= 11 is 1.69. The number of carboxylic acid groups (broad SMARTS) is 1. The standard InChI is InChI=1S/C43H52IN7O8/c1-29-11-3-4-13-33(29)50-42(59)47-32-20-17-30(18-21-32)27-37(53)48-34(14-5-8-26-46-36(52)22-19-31-12-10-25-45-28-31)39(56)49-35(15-9-16-38(54)55)40(57)51-43(41(44)58)23-6-2-7-24-43/h3-4,10-13,17-22,25,28,34-35H,2,5-9,14-16,23-24,26-27H2,1H3,(H,46,52)(H,48,53)(H,49,56)(H,51,57)(H,54,55)(H2,47,50,59)/b22-19+/t34-,35+/m1/s1. The van der Waals surface area contributed by atoms with Crippen LogP contribution in [0.25, 0.3) is 6.08 Å². The van der Waals surface area contributed by atoms with E-state index in [9.17, 15) is 38.7 Å². The SMILES string of the molecule is Cc1ccccc1NC(=O)Nc1ccc(CC(=O)N[C@H](CCCCNC(=O)/C=C/c2cccnc2)C(=O)N[C@@H](CCCC(=O)O)C(=O)NC2(C(=O)I)CCCCC2)cc1. The summed E-state index contributed by atoms with van der Waals surface area (Å²) < 4.78 is -0.210. The monoisotopic (exact) mass is 921 g/mol. The molecule has 15 nitrogen and oxygen atoms in total. The topological polar surface area (TPSA) is 225 Å². The van der Waals surface area contributed by atoms with Gasteiger partial charge in [0.2, 0.25) is 27.4 Å². The lowest BCUT2D eigenvalue weighted by Gasteiger charge is -2.36. The van der Waals surface area contributed by atoms with E-state index in [-0.39, 0.29) is 41.8 Å². The first kappa shape index (κ1) is 46.0. The van der Waals surface area contributed by atoms with E-state index in [2.05, 4.69) is 36.9 Å². The van der Waals surface area contributed by atoms with Gasteiger partial charge in [-0.3, -0.25) is 33.8 Å². The minimum Gasteiger partial charge on any atom is -0.481 e. The molecule has 0 radical (unpaired) electrons. The number of halogens is 1. The summed E-state index contributed by atoms with van der Waals surface area (Å²) in [6.45, 7) is 2.18. The van der Waals surface area contributed by atoms with Gasteiger partial charge in [0.25, 0.3) is 0 Å². The zero-order valence-electron chi connectivity index (χ0n) is 33.1. The van der Waals surface area contributed by atoms with Crippen LogP contribution in [0, 0.1) is 6.92 Å². The molecule has 0 aliphatic heterocycles. The minimum absolute atomic E-state index is 0.00197. The van der Waals surface area contributed by atoms with Crippen LogP contribution in [0.4, 0.5) is 16.2 Å². The van der Waals surface area contributed by atoms with Crippen LogP contribution in [-0.4, -0.2) is 73.7 Å². The molecule has 1 saturated carbocycles. The summed E-state index contributed by atoms with van der Waals surface area (Å²) in [5.41, 5.74) is 2.39. The van der Waals surface area contributed by atoms with Gasteiger partial charge in [0.1, 0.15) is 17.6 Å². The summed E-state index contributed by atoms with van der Waals surface area (Å²) in [6.07, 6.45) is 10.5. The molecule has 1 aliphatic carbocycles. The Morgan fingerprint density at radius 3 is 2.22 bits per heavy atom. The Kier molecular flexibility index (Phi) is 18.5. The maximum Gasteiger partial charge on any atom is 0.323 e. The van der Waals surface area contributed by atoms with Crippen LogP contribution < -0.4 is 31.9 Å². The average molecular weight is 922 g/mol. The molecule has 4 rings (SSSR count). The molecule has 2 atom stereocenters. The number of pyridine rings is 1. The second-order valence-electron chi connectivity index (χ2n) is 14.5. The predicted molar refractivity (Wildman–Crippen MR) is 232 cm³/mol. The van der Waals surface area contributed by atoms with Crippen molar-refractivity contribution in [3.63, 3.8) is 0 Å². The van der Waals surface area contributed by atoms with Crippen LogP contribution in [0.3, 0.4) is 0 Å². The summed E-state index contributed by atoms with van der Waals surface area (Å²) in [5.74, 6) is -3.07. The Hall–Kier alpha value is -5.65. The Morgan fingerprint density at radius 2 is 1.54 bits per heavy atom. The van der Waals surface area contributed by atoms with Crippen molar-refractivity contribution in [3.05, 3.63) is 95.8 Å². The molecule has 0 unspecified atom stereocenters. The lowest BCUT2D eigenvalue weighted by Crippen LogP contribution is -2.60. The number of anilines is 2. The van der Waals surface area contributed by atoms with Gasteiger partial charge in [-0.05, 0) is 98.9 Å². The first-order chi connectivity index (χ1) is 28.3. The van der Waals surface area contributed by atoms with Gasteiger partial charge in [0.05, 0.1) is 6.42 Å². The van der Waals surface area contributed by atoms with E-state index in [1.165, 1.54) is 6.08 Å². The molecular weight excluding hydrogens is 869 g/mol. The number of nitrogens with zero attached hydrogens (tertiary/aromatic N) is 1. The number of carbonyl (C=O) groups excluding carboxylic acids is 6. The number of rotatable bonds is 21. The molecular formula is C43H52IN7O8. The second-order valence-corrected chi connectivity index (χ2v) is 15.5. The third-order valence-electron chi connectivity index (χ3n) is 9.91. The van der Waals surface area contributed by atoms with Crippen molar-refractivity contribution in [1.29, 1.82) is 0 Å². The molecule has 3 aromatic rings. The summed E-state index contributed by atoms with van der Waals surface area (Å²) in [4.78, 5) is 94.1. The molecule has 314 valence electrons. The molecule has 59 heavy (non-hydrogen) atoms. The highest BCUT2D eigenvalue weighted by Crippen LogP contribution is 2.31. The maximum atomic E-state index is 13.9. The van der Waals surface area contributed by atoms with Crippen LogP contribution in [-0.2, 0) is 35.2 Å². The molecule has 0 bridgehead atoms. The summed E-state index contributed by atoms with van der Waals surface area (Å²) in [7, 11) is 0. The van der Waals surface area contributed by atoms with E-state index >= 15 is 0 Å². The van der Waals surface area contributed by atoms with Crippen molar-refractivity contribution in [3.8, 4) is 0 Å². The molecule has 1 aliphatic rings. The number of urea groups is 1. The van der Waals surface area contributed by atoms with E-state index in [4.69, 9.17) is 0 Å². The van der Waals surface area contributed by atoms with E-state index in [1.807, 2.05) is 31.2 Å². The highest BCUT2D eigenvalue weighted by Gasteiger charge is 2.41. The number of carboxylic acids is 1. The fourth-order valence-electron chi connectivity index (χ4n) is 6.64. The van der Waals surface area contributed by atoms with Crippen LogP contribution in [0.5, 0.6) is 0 Å². The lowest BCUT2D eigenvalue weighted by molar-refractivity contribution is -0.137. The highest BCUT2D eigenvalue weighted by atomic mass is 127. The van der Waals surface area contributed by atoms with Gasteiger partial charge in [0.15, 0.2) is 0 Å². The van der Waals surface area contributed by atoms with E-state index in [0.29, 0.717) is 49.2 Å². The predicted octanol–water partition coefficient (Wildman–Crippen LogP) is 5.58. The molecule has 2 aromatic carbocycles. The third-order valence-corrected chi connectivity index (χ3v) is 10.9. The third kappa shape index (κ3) is 15.9. The smallest absolute Gasteiger partial charge is 0.323 e. The quantitative estimate of drug-likeness (QED) is 0.0306. The molecule has 1 heterocycles. The molecule has 1 fully saturated rings. The molecule has 16 heteroatoms. The van der Waals surface area contributed by atoms with Gasteiger partial charge in [0, 0.05) is 65.4 Å². The normalized spacial score (nSPS) is 14.3. The maximum absolute atomic E-state index is 13.9. The van der Waals surface area contributed by atoms with Crippen molar-refractivity contribution in [2.24, 2.45) is 0 Å².